The average Bonchev–Trinajstić information content (AvgIpc) is 1.41. The summed E-state index contributed by atoms with van der Waals surface area (Å²) in [6.45, 7) is 4.97. The zero-order valence-corrected chi connectivity index (χ0v) is 63.4. The van der Waals surface area contributed by atoms with E-state index in [1.165, 1.54) is 238 Å². The van der Waals surface area contributed by atoms with Crippen LogP contribution in [0.15, 0.2) is 0 Å². The predicted molar refractivity (Wildman–Crippen MR) is 386 cm³/mol. The van der Waals surface area contributed by atoms with Crippen LogP contribution in [-0.2, 0) is 65.4 Å². The minimum Gasteiger partial charge on any atom is -0.462 e. The Morgan fingerprint density at radius 2 is 0.421 bits per heavy atom. The van der Waals surface area contributed by atoms with Crippen molar-refractivity contribution in [1.82, 2.24) is 0 Å². The number of aliphatic hydroxyl groups excluding tert-OH is 1. The molecule has 0 rings (SSSR count). The summed E-state index contributed by atoms with van der Waals surface area (Å²) in [5, 5.41) is 10.6. The van der Waals surface area contributed by atoms with Gasteiger partial charge in [-0.2, -0.15) is 0 Å². The van der Waals surface area contributed by atoms with Gasteiger partial charge in [0.05, 0.1) is 26.4 Å². The fourth-order valence-electron chi connectivity index (χ4n) is 11.8. The van der Waals surface area contributed by atoms with E-state index < -0.39 is 97.5 Å². The van der Waals surface area contributed by atoms with Crippen molar-refractivity contribution in [2.24, 2.45) is 0 Å². The molecule has 0 heterocycles. The van der Waals surface area contributed by atoms with Crippen LogP contribution in [0, 0.1) is 0 Å². The Bertz CT molecular complexity index is 1810. The molecule has 0 aliphatic heterocycles. The Labute approximate surface area is 581 Å². The van der Waals surface area contributed by atoms with Crippen LogP contribution in [-0.4, -0.2) is 96.7 Å². The highest BCUT2D eigenvalue weighted by molar-refractivity contribution is 7.47. The lowest BCUT2D eigenvalue weighted by molar-refractivity contribution is -0.161. The summed E-state index contributed by atoms with van der Waals surface area (Å²) in [7, 11) is -9.90. The van der Waals surface area contributed by atoms with Crippen molar-refractivity contribution in [1.29, 1.82) is 0 Å². The molecular formula is C76H148O17P2. The molecule has 0 spiro atoms. The Morgan fingerprint density at radius 3 is 0.621 bits per heavy atom. The molecule has 95 heavy (non-hydrogen) atoms. The average molecular weight is 1400 g/mol. The number of rotatable bonds is 77. The maximum Gasteiger partial charge on any atom is 0.472 e. The fraction of sp³-hybridized carbons (Fsp3) is 0.947. The largest absolute Gasteiger partial charge is 0.472 e. The number of hydrogen-bond acceptors (Lipinski definition) is 15. The third-order valence-electron chi connectivity index (χ3n) is 17.9. The maximum atomic E-state index is 13.1. The monoisotopic (exact) mass is 1400 g/mol. The van der Waals surface area contributed by atoms with E-state index in [4.69, 9.17) is 37.0 Å². The van der Waals surface area contributed by atoms with Crippen LogP contribution in [0.1, 0.15) is 407 Å². The van der Waals surface area contributed by atoms with Gasteiger partial charge in [-0.1, -0.05) is 355 Å². The zero-order valence-electron chi connectivity index (χ0n) is 61.6. The molecule has 0 saturated heterocycles. The molecule has 0 radical (unpaired) electrons. The molecule has 0 amide bonds. The maximum absolute atomic E-state index is 13.1. The molecule has 0 fully saturated rings. The van der Waals surface area contributed by atoms with Gasteiger partial charge in [-0.15, -0.1) is 0 Å². The van der Waals surface area contributed by atoms with Crippen LogP contribution in [0.4, 0.5) is 0 Å². The Balaban J connectivity index is 5.19. The number of esters is 4. The Morgan fingerprint density at radius 1 is 0.253 bits per heavy atom. The summed E-state index contributed by atoms with van der Waals surface area (Å²) in [6, 6.07) is 0. The van der Waals surface area contributed by atoms with Gasteiger partial charge >= 0.3 is 39.5 Å². The number of phosphoric ester groups is 2. The van der Waals surface area contributed by atoms with Gasteiger partial charge in [-0.3, -0.25) is 37.3 Å². The quantitative estimate of drug-likeness (QED) is 0.0222. The topological polar surface area (TPSA) is 237 Å². The van der Waals surface area contributed by atoms with E-state index in [1.54, 1.807) is 0 Å². The first-order valence-corrected chi connectivity index (χ1v) is 42.8. The third-order valence-corrected chi connectivity index (χ3v) is 19.8. The van der Waals surface area contributed by atoms with Crippen LogP contribution in [0.5, 0.6) is 0 Å². The van der Waals surface area contributed by atoms with Crippen molar-refractivity contribution < 1.29 is 80.2 Å². The summed E-state index contributed by atoms with van der Waals surface area (Å²) >= 11 is 0. The van der Waals surface area contributed by atoms with Gasteiger partial charge in [0, 0.05) is 25.7 Å². The molecule has 0 saturated carbocycles. The smallest absolute Gasteiger partial charge is 0.462 e. The van der Waals surface area contributed by atoms with E-state index >= 15 is 0 Å². The second kappa shape index (κ2) is 70.5. The standard InChI is InChI=1S/C76H148O17P2/c1-5-9-13-17-21-25-28-30-32-34-36-38-40-42-46-49-53-57-61-74(79)87-67-72(93-76(81)63-59-55-51-47-43-41-39-37-35-33-31-29-26-22-18-14-10-6-2)69-91-95(84,85)89-65-70(77)64-88-94(82,83)90-68-71(66-86-73(78)60-56-52-48-44-24-20-16-12-8-4)92-75(80)62-58-54-50-45-27-23-19-15-11-7-3/h70-72,77H,5-69H2,1-4H3,(H,82,83)(H,84,85)/t70-,71+,72+/m0/s1. The highest BCUT2D eigenvalue weighted by atomic mass is 31.2. The lowest BCUT2D eigenvalue weighted by Gasteiger charge is -2.21. The minimum atomic E-state index is -4.96. The first-order chi connectivity index (χ1) is 46.2. The Kier molecular flexibility index (Phi) is 69.1. The van der Waals surface area contributed by atoms with Gasteiger partial charge in [0.25, 0.3) is 0 Å². The molecule has 0 bridgehead atoms. The van der Waals surface area contributed by atoms with Crippen molar-refractivity contribution >= 4 is 39.5 Å². The molecule has 0 aliphatic carbocycles. The number of carbonyl (C=O) groups is 4. The van der Waals surface area contributed by atoms with Gasteiger partial charge in [-0.05, 0) is 25.7 Å². The number of carbonyl (C=O) groups excluding carboxylic acids is 4. The van der Waals surface area contributed by atoms with E-state index in [0.29, 0.717) is 25.7 Å². The van der Waals surface area contributed by atoms with Gasteiger partial charge in [0.15, 0.2) is 12.2 Å². The van der Waals surface area contributed by atoms with Crippen LogP contribution in [0.2, 0.25) is 0 Å². The first-order valence-electron chi connectivity index (χ1n) is 39.8. The second-order valence-electron chi connectivity index (χ2n) is 27.4. The van der Waals surface area contributed by atoms with Crippen LogP contribution in [0.25, 0.3) is 0 Å². The molecule has 2 unspecified atom stereocenters. The van der Waals surface area contributed by atoms with E-state index in [2.05, 4.69) is 27.7 Å². The summed E-state index contributed by atoms with van der Waals surface area (Å²) in [6.07, 6.45) is 61.1. The molecule has 3 N–H and O–H groups in total. The molecule has 0 aromatic heterocycles. The zero-order chi connectivity index (χ0) is 69.7. The van der Waals surface area contributed by atoms with Crippen molar-refractivity contribution in [2.45, 2.75) is 425 Å². The van der Waals surface area contributed by atoms with Gasteiger partial charge in [-0.25, -0.2) is 9.13 Å². The molecule has 17 nitrogen and oxygen atoms in total. The summed E-state index contributed by atoms with van der Waals surface area (Å²) in [5.41, 5.74) is 0. The van der Waals surface area contributed by atoms with Gasteiger partial charge in [0.2, 0.25) is 0 Å². The molecular weight excluding hydrogens is 1250 g/mol. The van der Waals surface area contributed by atoms with Gasteiger partial charge < -0.3 is 33.8 Å². The molecule has 564 valence electrons. The number of ether oxygens (including phenoxy) is 4. The summed E-state index contributed by atoms with van der Waals surface area (Å²) < 4.78 is 68.4. The van der Waals surface area contributed by atoms with E-state index in [1.807, 2.05) is 0 Å². The SMILES string of the molecule is CCCCCCCCCCCCCCCCCCCCC(=O)OC[C@H](COP(=O)(O)OC[C@@H](O)COP(=O)(O)OC[C@@H](COC(=O)CCCCCCCCCCC)OC(=O)CCCCCCCCCCCC)OC(=O)CCCCCCCCCCCCCCCCCCCC. The van der Waals surface area contributed by atoms with Crippen molar-refractivity contribution in [3.05, 3.63) is 0 Å². The summed E-state index contributed by atoms with van der Waals surface area (Å²) in [5.74, 6) is -2.11. The molecule has 19 heteroatoms. The predicted octanol–water partition coefficient (Wildman–Crippen LogP) is 22.6. The first kappa shape index (κ1) is 93.1. The number of unbranched alkanes of at least 4 members (excludes halogenated alkanes) is 51. The highest BCUT2D eigenvalue weighted by Gasteiger charge is 2.30. The van der Waals surface area contributed by atoms with Crippen LogP contribution < -0.4 is 0 Å². The van der Waals surface area contributed by atoms with E-state index in [-0.39, 0.29) is 25.7 Å². The second-order valence-corrected chi connectivity index (χ2v) is 30.3. The molecule has 0 aromatic carbocycles. The normalized spacial score (nSPS) is 13.9. The highest BCUT2D eigenvalue weighted by Crippen LogP contribution is 2.45. The lowest BCUT2D eigenvalue weighted by atomic mass is 10.0. The Hall–Kier alpha value is -1.94. The van der Waals surface area contributed by atoms with Crippen LogP contribution >= 0.6 is 15.6 Å². The lowest BCUT2D eigenvalue weighted by Crippen LogP contribution is -2.30. The number of phosphoric acid groups is 2. The van der Waals surface area contributed by atoms with E-state index in [0.717, 1.165) is 89.9 Å². The van der Waals surface area contributed by atoms with Crippen molar-refractivity contribution in [2.75, 3.05) is 39.6 Å². The van der Waals surface area contributed by atoms with Crippen molar-refractivity contribution in [3.63, 3.8) is 0 Å². The number of aliphatic hydroxyl groups is 1. The molecule has 0 aliphatic rings. The van der Waals surface area contributed by atoms with Crippen molar-refractivity contribution in [3.8, 4) is 0 Å². The third kappa shape index (κ3) is 70.3. The van der Waals surface area contributed by atoms with Gasteiger partial charge in [0.1, 0.15) is 19.3 Å². The molecule has 0 aromatic rings. The fourth-order valence-corrected chi connectivity index (χ4v) is 13.3. The van der Waals surface area contributed by atoms with E-state index in [9.17, 15) is 43.2 Å². The summed E-state index contributed by atoms with van der Waals surface area (Å²) in [4.78, 5) is 72.7. The molecule has 5 atom stereocenters. The number of hydrogen-bond donors (Lipinski definition) is 3. The van der Waals surface area contributed by atoms with Crippen LogP contribution in [0.3, 0.4) is 0 Å². The minimum absolute atomic E-state index is 0.107.